The Balaban J connectivity index is 0.00000338. The molecule has 0 saturated heterocycles. The smallest absolute Gasteiger partial charge is 0.242 e. The van der Waals surface area contributed by atoms with Crippen molar-refractivity contribution in [2.75, 3.05) is 13.6 Å². The SMILES string of the molecule is CC(C)[C@H](N)C(=O)NCC(=O)N(C)Cc1cnn(-c2ccccc2)c1.Cl. The fraction of sp³-hybridized carbons (Fsp3) is 0.389. The average molecular weight is 380 g/mol. The number of hydrogen-bond acceptors (Lipinski definition) is 4. The summed E-state index contributed by atoms with van der Waals surface area (Å²) >= 11 is 0. The molecule has 7 nitrogen and oxygen atoms in total. The van der Waals surface area contributed by atoms with Gasteiger partial charge in [0, 0.05) is 25.4 Å². The zero-order valence-corrected chi connectivity index (χ0v) is 16.1. The van der Waals surface area contributed by atoms with Gasteiger partial charge in [0.1, 0.15) is 0 Å². The molecule has 2 amide bonds. The van der Waals surface area contributed by atoms with Crippen LogP contribution in [0, 0.1) is 5.92 Å². The number of nitrogens with two attached hydrogens (primary N) is 1. The Morgan fingerprint density at radius 2 is 1.92 bits per heavy atom. The lowest BCUT2D eigenvalue weighted by Gasteiger charge is -2.19. The van der Waals surface area contributed by atoms with Crippen molar-refractivity contribution in [1.29, 1.82) is 0 Å². The third kappa shape index (κ3) is 5.86. The molecule has 2 rings (SSSR count). The molecular formula is C18H26ClN5O2. The first-order valence-electron chi connectivity index (χ1n) is 8.24. The van der Waals surface area contributed by atoms with E-state index < -0.39 is 6.04 Å². The predicted molar refractivity (Wildman–Crippen MR) is 103 cm³/mol. The summed E-state index contributed by atoms with van der Waals surface area (Å²) in [4.78, 5) is 25.5. The number of carbonyl (C=O) groups is 2. The van der Waals surface area contributed by atoms with Gasteiger partial charge in [0.05, 0.1) is 24.5 Å². The largest absolute Gasteiger partial charge is 0.346 e. The van der Waals surface area contributed by atoms with Crippen LogP contribution in [0.4, 0.5) is 0 Å². The molecule has 0 aliphatic rings. The van der Waals surface area contributed by atoms with Crippen LogP contribution in [0.25, 0.3) is 5.69 Å². The summed E-state index contributed by atoms with van der Waals surface area (Å²) in [6.07, 6.45) is 3.61. The minimum Gasteiger partial charge on any atom is -0.346 e. The molecule has 0 aliphatic carbocycles. The number of nitrogens with one attached hydrogen (secondary N) is 1. The summed E-state index contributed by atoms with van der Waals surface area (Å²) in [5.74, 6) is -0.470. The Kier molecular flexibility index (Phi) is 8.28. The number of amides is 2. The van der Waals surface area contributed by atoms with Gasteiger partial charge in [-0.15, -0.1) is 12.4 Å². The average Bonchev–Trinajstić information content (AvgIpc) is 3.07. The van der Waals surface area contributed by atoms with Gasteiger partial charge in [-0.3, -0.25) is 9.59 Å². The highest BCUT2D eigenvalue weighted by Crippen LogP contribution is 2.09. The highest BCUT2D eigenvalue weighted by Gasteiger charge is 2.18. The van der Waals surface area contributed by atoms with E-state index in [2.05, 4.69) is 10.4 Å². The van der Waals surface area contributed by atoms with Crippen molar-refractivity contribution in [1.82, 2.24) is 20.0 Å². The Labute approximate surface area is 160 Å². The molecule has 8 heteroatoms. The molecule has 1 aromatic heterocycles. The molecule has 1 atom stereocenters. The first kappa shape index (κ1) is 21.7. The fourth-order valence-electron chi connectivity index (χ4n) is 2.24. The van der Waals surface area contributed by atoms with Gasteiger partial charge in [-0.1, -0.05) is 32.0 Å². The van der Waals surface area contributed by atoms with Gasteiger partial charge in [-0.2, -0.15) is 5.10 Å². The van der Waals surface area contributed by atoms with E-state index in [1.165, 1.54) is 0 Å². The van der Waals surface area contributed by atoms with Crippen LogP contribution in [0.5, 0.6) is 0 Å². The van der Waals surface area contributed by atoms with Crippen LogP contribution in [-0.2, 0) is 16.1 Å². The molecule has 2 aromatic rings. The maximum Gasteiger partial charge on any atom is 0.242 e. The van der Waals surface area contributed by atoms with Gasteiger partial charge in [0.15, 0.2) is 0 Å². The molecular weight excluding hydrogens is 354 g/mol. The van der Waals surface area contributed by atoms with Gasteiger partial charge in [-0.05, 0) is 18.1 Å². The number of aromatic nitrogens is 2. The van der Waals surface area contributed by atoms with Gasteiger partial charge in [0.2, 0.25) is 11.8 Å². The second-order valence-corrected chi connectivity index (χ2v) is 6.37. The van der Waals surface area contributed by atoms with Crippen molar-refractivity contribution in [3.63, 3.8) is 0 Å². The highest BCUT2D eigenvalue weighted by molar-refractivity contribution is 5.87. The molecule has 1 heterocycles. The van der Waals surface area contributed by atoms with Crippen LogP contribution < -0.4 is 11.1 Å². The number of benzene rings is 1. The number of carbonyl (C=O) groups excluding carboxylic acids is 2. The van der Waals surface area contributed by atoms with Crippen LogP contribution >= 0.6 is 12.4 Å². The minimum absolute atomic E-state index is 0. The summed E-state index contributed by atoms with van der Waals surface area (Å²) in [7, 11) is 1.69. The van der Waals surface area contributed by atoms with Crippen molar-refractivity contribution in [3.8, 4) is 5.69 Å². The minimum atomic E-state index is -0.609. The Bertz CT molecular complexity index is 717. The summed E-state index contributed by atoms with van der Waals surface area (Å²) in [5, 5.41) is 6.89. The summed E-state index contributed by atoms with van der Waals surface area (Å²) in [6.45, 7) is 4.07. The van der Waals surface area contributed by atoms with Gasteiger partial charge in [-0.25, -0.2) is 4.68 Å². The number of likely N-dealkylation sites (N-methyl/N-ethyl adjacent to an activating group) is 1. The summed E-state index contributed by atoms with van der Waals surface area (Å²) < 4.78 is 1.76. The predicted octanol–water partition coefficient (Wildman–Crippen LogP) is 1.35. The first-order valence-corrected chi connectivity index (χ1v) is 8.24. The van der Waals surface area contributed by atoms with E-state index >= 15 is 0 Å². The zero-order valence-electron chi connectivity index (χ0n) is 15.3. The van der Waals surface area contributed by atoms with Crippen LogP contribution in [0.1, 0.15) is 19.4 Å². The van der Waals surface area contributed by atoms with Gasteiger partial charge >= 0.3 is 0 Å². The molecule has 142 valence electrons. The van der Waals surface area contributed by atoms with Crippen molar-refractivity contribution in [2.24, 2.45) is 11.7 Å². The van der Waals surface area contributed by atoms with Gasteiger partial charge in [0.25, 0.3) is 0 Å². The van der Waals surface area contributed by atoms with Crippen LogP contribution in [0.2, 0.25) is 0 Å². The first-order chi connectivity index (χ1) is 11.9. The van der Waals surface area contributed by atoms with Crippen LogP contribution in [0.3, 0.4) is 0 Å². The number of hydrogen-bond donors (Lipinski definition) is 2. The van der Waals surface area contributed by atoms with Crippen molar-refractivity contribution < 1.29 is 9.59 Å². The maximum atomic E-state index is 12.2. The summed E-state index contributed by atoms with van der Waals surface area (Å²) in [5.41, 5.74) is 7.62. The van der Waals surface area contributed by atoms with E-state index in [0.29, 0.717) is 6.54 Å². The standard InChI is InChI=1S/C18H25N5O2.ClH/c1-13(2)17(19)18(25)20-10-16(24)22(3)11-14-9-21-23(12-14)15-7-5-4-6-8-15;/h4-9,12-13,17H,10-11,19H2,1-3H3,(H,20,25);1H/t17-;/m0./s1. The number of nitrogens with zero attached hydrogens (tertiary/aromatic N) is 3. The normalized spacial score (nSPS) is 11.6. The van der Waals surface area contributed by atoms with E-state index in [9.17, 15) is 9.59 Å². The lowest BCUT2D eigenvalue weighted by Crippen LogP contribution is -2.47. The number of para-hydroxylation sites is 1. The monoisotopic (exact) mass is 379 g/mol. The molecule has 0 aliphatic heterocycles. The van der Waals surface area contributed by atoms with Crippen molar-refractivity contribution >= 4 is 24.2 Å². The van der Waals surface area contributed by atoms with E-state index in [0.717, 1.165) is 11.3 Å². The second-order valence-electron chi connectivity index (χ2n) is 6.37. The third-order valence-electron chi connectivity index (χ3n) is 3.94. The lowest BCUT2D eigenvalue weighted by molar-refractivity contribution is -0.132. The van der Waals surface area contributed by atoms with Crippen LogP contribution in [-0.4, -0.2) is 46.1 Å². The van der Waals surface area contributed by atoms with E-state index in [1.54, 1.807) is 22.8 Å². The molecule has 0 radical (unpaired) electrons. The molecule has 0 fully saturated rings. The quantitative estimate of drug-likeness (QED) is 0.759. The highest BCUT2D eigenvalue weighted by atomic mass is 35.5. The Morgan fingerprint density at radius 1 is 1.27 bits per heavy atom. The van der Waals surface area contributed by atoms with Crippen molar-refractivity contribution in [2.45, 2.75) is 26.4 Å². The molecule has 0 unspecified atom stereocenters. The number of halogens is 1. The topological polar surface area (TPSA) is 93.2 Å². The van der Waals surface area contributed by atoms with Crippen molar-refractivity contribution in [3.05, 3.63) is 48.3 Å². The molecule has 1 aromatic carbocycles. The Morgan fingerprint density at radius 3 is 2.54 bits per heavy atom. The molecule has 0 bridgehead atoms. The molecule has 0 spiro atoms. The molecule has 3 N–H and O–H groups in total. The van der Waals surface area contributed by atoms with E-state index in [4.69, 9.17) is 5.73 Å². The second kappa shape index (κ2) is 9.94. The molecule has 0 saturated carbocycles. The van der Waals surface area contributed by atoms with E-state index in [-0.39, 0.29) is 36.7 Å². The van der Waals surface area contributed by atoms with Gasteiger partial charge < -0.3 is 16.0 Å². The Hall–Kier alpha value is -2.38. The number of rotatable bonds is 7. The zero-order chi connectivity index (χ0) is 18.4. The third-order valence-corrected chi connectivity index (χ3v) is 3.94. The van der Waals surface area contributed by atoms with E-state index in [1.807, 2.05) is 50.4 Å². The molecule has 26 heavy (non-hydrogen) atoms. The fourth-order valence-corrected chi connectivity index (χ4v) is 2.24. The lowest BCUT2D eigenvalue weighted by atomic mass is 10.1. The summed E-state index contributed by atoms with van der Waals surface area (Å²) in [6, 6.07) is 9.13. The maximum absolute atomic E-state index is 12.2. The van der Waals surface area contributed by atoms with Crippen LogP contribution in [0.15, 0.2) is 42.7 Å².